The van der Waals surface area contributed by atoms with Crippen molar-refractivity contribution in [2.45, 2.75) is 29.3 Å². The summed E-state index contributed by atoms with van der Waals surface area (Å²) in [7, 11) is 0. The fourth-order valence-corrected chi connectivity index (χ4v) is 5.27. The van der Waals surface area contributed by atoms with Crippen molar-refractivity contribution < 1.29 is 14.3 Å². The molecule has 0 aliphatic carbocycles. The Bertz CT molecular complexity index is 1310. The highest BCUT2D eigenvalue weighted by atomic mass is 32.2. The number of pyridine rings is 1. The number of benzene rings is 2. The van der Waals surface area contributed by atoms with Crippen LogP contribution in [0.3, 0.4) is 0 Å². The van der Waals surface area contributed by atoms with Crippen LogP contribution >= 0.6 is 23.1 Å². The molecule has 2 aromatic carbocycles. The van der Waals surface area contributed by atoms with Crippen molar-refractivity contribution in [3.8, 4) is 11.5 Å². The smallest absolute Gasteiger partial charge is 0.252 e. The first kappa shape index (κ1) is 20.7. The van der Waals surface area contributed by atoms with Gasteiger partial charge in [0.05, 0.1) is 17.1 Å². The molecule has 1 amide bonds. The van der Waals surface area contributed by atoms with E-state index in [1.165, 1.54) is 23.1 Å². The molecule has 0 bridgehead atoms. The van der Waals surface area contributed by atoms with Crippen LogP contribution in [0.2, 0.25) is 0 Å². The molecular formula is C23H20N4O3S2. The van der Waals surface area contributed by atoms with Crippen molar-refractivity contribution in [1.82, 2.24) is 20.5 Å². The lowest BCUT2D eigenvalue weighted by molar-refractivity contribution is 0.0941. The van der Waals surface area contributed by atoms with E-state index in [0.29, 0.717) is 29.6 Å². The molecule has 1 aliphatic heterocycles. The maximum Gasteiger partial charge on any atom is 0.252 e. The molecule has 0 radical (unpaired) electrons. The summed E-state index contributed by atoms with van der Waals surface area (Å²) in [4.78, 5) is 18.0. The molecule has 0 saturated carbocycles. The lowest BCUT2D eigenvalue weighted by Crippen LogP contribution is -2.27. The Morgan fingerprint density at radius 3 is 2.72 bits per heavy atom. The van der Waals surface area contributed by atoms with Crippen LogP contribution in [-0.2, 0) is 0 Å². The number of amides is 1. The Morgan fingerprint density at radius 1 is 1.09 bits per heavy atom. The van der Waals surface area contributed by atoms with Crippen molar-refractivity contribution in [2.24, 2.45) is 0 Å². The second-order valence-electron chi connectivity index (χ2n) is 7.31. The van der Waals surface area contributed by atoms with Gasteiger partial charge in [-0.1, -0.05) is 35.6 Å². The number of hydrogen-bond donors (Lipinski definition) is 1. The first-order chi connectivity index (χ1) is 15.6. The Labute approximate surface area is 193 Å². The first-order valence-electron chi connectivity index (χ1n) is 10.1. The molecule has 2 aromatic heterocycles. The van der Waals surface area contributed by atoms with Crippen LogP contribution in [0.15, 0.2) is 57.9 Å². The maximum absolute atomic E-state index is 13.3. The summed E-state index contributed by atoms with van der Waals surface area (Å²) in [6, 6.07) is 15.0. The largest absolute Gasteiger partial charge is 0.486 e. The predicted molar refractivity (Wildman–Crippen MR) is 124 cm³/mol. The number of para-hydroxylation sites is 1. The predicted octanol–water partition coefficient (Wildman–Crippen LogP) is 4.81. The van der Waals surface area contributed by atoms with Gasteiger partial charge in [-0.15, -0.1) is 10.2 Å². The van der Waals surface area contributed by atoms with Crippen LogP contribution in [0.5, 0.6) is 11.5 Å². The lowest BCUT2D eigenvalue weighted by atomic mass is 10.1. The Hall–Kier alpha value is -3.17. The van der Waals surface area contributed by atoms with Crippen molar-refractivity contribution >= 4 is 39.9 Å². The quantitative estimate of drug-likeness (QED) is 0.454. The fourth-order valence-electron chi connectivity index (χ4n) is 3.49. The third-order valence-electron chi connectivity index (χ3n) is 5.05. The molecule has 1 N–H and O–H groups in total. The molecule has 1 atom stereocenters. The second-order valence-corrected chi connectivity index (χ2v) is 9.76. The number of carbonyl (C=O) groups excluding carboxylic acids is 1. The Balaban J connectivity index is 1.43. The molecule has 1 aliphatic rings. The number of aryl methyl sites for hydroxylation is 1. The topological polar surface area (TPSA) is 86.2 Å². The monoisotopic (exact) mass is 464 g/mol. The second kappa shape index (κ2) is 8.76. The average Bonchev–Trinajstić information content (AvgIpc) is 3.22. The lowest BCUT2D eigenvalue weighted by Gasteiger charge is -2.21. The van der Waals surface area contributed by atoms with Gasteiger partial charge in [-0.2, -0.15) is 0 Å². The van der Waals surface area contributed by atoms with Crippen LogP contribution < -0.4 is 14.8 Å². The van der Waals surface area contributed by atoms with Gasteiger partial charge >= 0.3 is 0 Å². The Kier molecular flexibility index (Phi) is 5.67. The van der Waals surface area contributed by atoms with Crippen molar-refractivity contribution in [3.63, 3.8) is 0 Å². The number of ether oxygens (including phenoxy) is 2. The summed E-state index contributed by atoms with van der Waals surface area (Å²) in [5.41, 5.74) is 2.28. The van der Waals surface area contributed by atoms with Gasteiger partial charge in [0.15, 0.2) is 15.8 Å². The van der Waals surface area contributed by atoms with E-state index in [1.807, 2.05) is 62.4 Å². The summed E-state index contributed by atoms with van der Waals surface area (Å²) in [5.74, 6) is 1.27. The van der Waals surface area contributed by atoms with Gasteiger partial charge in [0.1, 0.15) is 23.2 Å². The molecule has 9 heteroatoms. The minimum Gasteiger partial charge on any atom is -0.486 e. The number of nitrogens with one attached hydrogen (secondary N) is 1. The minimum absolute atomic E-state index is 0.165. The van der Waals surface area contributed by atoms with Crippen molar-refractivity contribution in [1.29, 1.82) is 0 Å². The zero-order valence-corrected chi connectivity index (χ0v) is 19.1. The fraction of sp³-hybridized carbons (Fsp3) is 0.217. The van der Waals surface area contributed by atoms with Crippen LogP contribution in [-0.4, -0.2) is 34.3 Å². The zero-order valence-electron chi connectivity index (χ0n) is 17.5. The third-order valence-corrected chi connectivity index (χ3v) is 6.86. The van der Waals surface area contributed by atoms with E-state index in [1.54, 1.807) is 0 Å². The van der Waals surface area contributed by atoms with Crippen LogP contribution in [0.25, 0.3) is 10.9 Å². The number of aromatic nitrogens is 3. The van der Waals surface area contributed by atoms with Gasteiger partial charge < -0.3 is 14.8 Å². The summed E-state index contributed by atoms with van der Waals surface area (Å²) in [6.45, 7) is 4.93. The number of hydrogen-bond acceptors (Lipinski definition) is 8. The number of carbonyl (C=O) groups is 1. The van der Waals surface area contributed by atoms with Crippen molar-refractivity contribution in [2.75, 3.05) is 13.2 Å². The average molecular weight is 465 g/mol. The molecule has 162 valence electrons. The highest BCUT2D eigenvalue weighted by molar-refractivity contribution is 8.01. The highest BCUT2D eigenvalue weighted by Gasteiger charge is 2.19. The van der Waals surface area contributed by atoms with Gasteiger partial charge in [0.25, 0.3) is 5.91 Å². The van der Waals surface area contributed by atoms with E-state index in [0.717, 1.165) is 31.6 Å². The minimum atomic E-state index is -0.216. The van der Waals surface area contributed by atoms with Crippen LogP contribution in [0.1, 0.15) is 33.9 Å². The molecular weight excluding hydrogens is 444 g/mol. The molecule has 0 saturated heterocycles. The van der Waals surface area contributed by atoms with Crippen molar-refractivity contribution in [3.05, 3.63) is 64.7 Å². The van der Waals surface area contributed by atoms with Gasteiger partial charge in [-0.3, -0.25) is 4.79 Å². The van der Waals surface area contributed by atoms with Gasteiger partial charge in [0, 0.05) is 5.39 Å². The molecule has 7 nitrogen and oxygen atoms in total. The number of fused-ring (bicyclic) bond motifs is 2. The highest BCUT2D eigenvalue weighted by Crippen LogP contribution is 2.34. The molecule has 0 spiro atoms. The van der Waals surface area contributed by atoms with E-state index in [-0.39, 0.29) is 11.9 Å². The third kappa shape index (κ3) is 4.26. The standard InChI is InChI=1S/C23H20N4O3S2/c1-13(15-7-8-19-20(11-15)30-10-9-29-19)24-22(28)17-12-21(32-23-27-26-14(2)31-23)25-18-6-4-3-5-16(17)18/h3-8,11-13H,9-10H2,1-2H3,(H,24,28)/t13-/m0/s1. The molecule has 5 rings (SSSR count). The van der Waals surface area contributed by atoms with Crippen LogP contribution in [0.4, 0.5) is 0 Å². The molecule has 0 fully saturated rings. The van der Waals surface area contributed by atoms with Gasteiger partial charge in [-0.05, 0) is 55.4 Å². The number of nitrogens with zero attached hydrogens (tertiary/aromatic N) is 3. The first-order valence-corrected chi connectivity index (χ1v) is 11.8. The van der Waals surface area contributed by atoms with E-state index in [4.69, 9.17) is 14.5 Å². The molecule has 0 unspecified atom stereocenters. The summed E-state index contributed by atoms with van der Waals surface area (Å²) >= 11 is 2.91. The van der Waals surface area contributed by atoms with Gasteiger partial charge in [0.2, 0.25) is 0 Å². The molecule has 32 heavy (non-hydrogen) atoms. The Morgan fingerprint density at radius 2 is 1.91 bits per heavy atom. The normalized spacial score (nSPS) is 13.7. The number of rotatable bonds is 5. The molecule has 3 heterocycles. The van der Waals surface area contributed by atoms with Gasteiger partial charge in [-0.25, -0.2) is 4.98 Å². The van der Waals surface area contributed by atoms with Crippen LogP contribution in [0, 0.1) is 6.92 Å². The van der Waals surface area contributed by atoms with E-state index < -0.39 is 0 Å². The molecule has 4 aromatic rings. The summed E-state index contributed by atoms with van der Waals surface area (Å²) in [6.07, 6.45) is 0. The zero-order chi connectivity index (χ0) is 22.1. The van der Waals surface area contributed by atoms with E-state index >= 15 is 0 Å². The summed E-state index contributed by atoms with van der Waals surface area (Å²) < 4.78 is 12.1. The SMILES string of the molecule is Cc1nnc(Sc2cc(C(=O)N[C@@H](C)c3ccc4c(c3)OCCO4)c3ccccc3n2)s1. The van der Waals surface area contributed by atoms with E-state index in [2.05, 4.69) is 15.5 Å². The maximum atomic E-state index is 13.3. The van der Waals surface area contributed by atoms with E-state index in [9.17, 15) is 4.79 Å². The summed E-state index contributed by atoms with van der Waals surface area (Å²) in [5, 5.41) is 13.7.